The van der Waals surface area contributed by atoms with Crippen LogP contribution in [0.1, 0.15) is 23.4 Å². The molecule has 2 aromatic rings. The van der Waals surface area contributed by atoms with Crippen LogP contribution in [0.25, 0.3) is 0 Å². The van der Waals surface area contributed by atoms with Gasteiger partial charge in [0.25, 0.3) is 0 Å². The highest BCUT2D eigenvalue weighted by Crippen LogP contribution is 2.20. The monoisotopic (exact) mass is 279 g/mol. The van der Waals surface area contributed by atoms with Gasteiger partial charge in [0.2, 0.25) is 11.7 Å². The molecule has 0 spiro atoms. The Kier molecular flexibility index (Phi) is 3.77. The van der Waals surface area contributed by atoms with Crippen LogP contribution in [0.15, 0.2) is 28.8 Å². The molecule has 19 heavy (non-hydrogen) atoms. The van der Waals surface area contributed by atoms with Gasteiger partial charge in [0.05, 0.1) is 13.0 Å². The fourth-order valence-electron chi connectivity index (χ4n) is 2.01. The van der Waals surface area contributed by atoms with Crippen molar-refractivity contribution in [3.8, 4) is 0 Å². The SMILES string of the molecule is Clc1ccccc1Cc1nc(C2CNCCO2)no1. The van der Waals surface area contributed by atoms with Gasteiger partial charge in [-0.15, -0.1) is 0 Å². The molecule has 1 atom stereocenters. The van der Waals surface area contributed by atoms with Crippen molar-refractivity contribution < 1.29 is 9.26 Å². The lowest BCUT2D eigenvalue weighted by Gasteiger charge is -2.20. The van der Waals surface area contributed by atoms with E-state index in [1.165, 1.54) is 0 Å². The Morgan fingerprint density at radius 2 is 2.26 bits per heavy atom. The summed E-state index contributed by atoms with van der Waals surface area (Å²) >= 11 is 6.11. The summed E-state index contributed by atoms with van der Waals surface area (Å²) in [6, 6.07) is 7.63. The Balaban J connectivity index is 1.73. The fraction of sp³-hybridized carbons (Fsp3) is 0.385. The van der Waals surface area contributed by atoms with Gasteiger partial charge in [0.15, 0.2) is 0 Å². The van der Waals surface area contributed by atoms with Crippen LogP contribution in [0.4, 0.5) is 0 Å². The van der Waals surface area contributed by atoms with Crippen LogP contribution in [0.5, 0.6) is 0 Å². The van der Waals surface area contributed by atoms with Crippen LogP contribution in [0, 0.1) is 0 Å². The molecule has 1 aliphatic heterocycles. The molecule has 1 saturated heterocycles. The van der Waals surface area contributed by atoms with E-state index in [2.05, 4.69) is 15.5 Å². The van der Waals surface area contributed by atoms with Gasteiger partial charge in [-0.25, -0.2) is 0 Å². The molecule has 1 aromatic heterocycles. The first kappa shape index (κ1) is 12.6. The molecule has 0 amide bonds. The summed E-state index contributed by atoms with van der Waals surface area (Å²) in [5.41, 5.74) is 0.974. The van der Waals surface area contributed by atoms with Gasteiger partial charge in [0.1, 0.15) is 6.10 Å². The highest BCUT2D eigenvalue weighted by atomic mass is 35.5. The third kappa shape index (κ3) is 2.94. The molecule has 2 heterocycles. The molecular weight excluding hydrogens is 266 g/mol. The molecule has 3 rings (SSSR count). The molecule has 0 saturated carbocycles. The second kappa shape index (κ2) is 5.69. The Hall–Kier alpha value is -1.43. The van der Waals surface area contributed by atoms with E-state index in [-0.39, 0.29) is 6.10 Å². The lowest BCUT2D eigenvalue weighted by molar-refractivity contribution is 0.0208. The number of morpholine rings is 1. The molecule has 0 bridgehead atoms. The van der Waals surface area contributed by atoms with E-state index in [0.717, 1.165) is 12.1 Å². The predicted molar refractivity (Wildman–Crippen MR) is 70.1 cm³/mol. The first-order chi connectivity index (χ1) is 9.33. The molecule has 0 radical (unpaired) electrons. The standard InChI is InChI=1S/C13H14ClN3O2/c14-10-4-2-1-3-9(10)7-12-16-13(17-19-12)11-8-15-5-6-18-11/h1-4,11,15H,5-8H2. The molecule has 6 heteroatoms. The van der Waals surface area contributed by atoms with E-state index >= 15 is 0 Å². The summed E-state index contributed by atoms with van der Waals surface area (Å²) in [5, 5.41) is 7.91. The average molecular weight is 280 g/mol. The summed E-state index contributed by atoms with van der Waals surface area (Å²) in [4.78, 5) is 4.37. The van der Waals surface area contributed by atoms with Gasteiger partial charge >= 0.3 is 0 Å². The van der Waals surface area contributed by atoms with Crippen LogP contribution in [0.2, 0.25) is 5.02 Å². The van der Waals surface area contributed by atoms with Gasteiger partial charge in [-0.05, 0) is 11.6 Å². The first-order valence-corrected chi connectivity index (χ1v) is 6.59. The van der Waals surface area contributed by atoms with Crippen molar-refractivity contribution in [2.24, 2.45) is 0 Å². The maximum atomic E-state index is 6.11. The van der Waals surface area contributed by atoms with Crippen molar-refractivity contribution >= 4 is 11.6 Å². The lowest BCUT2D eigenvalue weighted by Crippen LogP contribution is -2.33. The summed E-state index contributed by atoms with van der Waals surface area (Å²) in [6.07, 6.45) is 0.407. The van der Waals surface area contributed by atoms with Gasteiger partial charge in [0, 0.05) is 18.1 Å². The van der Waals surface area contributed by atoms with Crippen molar-refractivity contribution in [1.29, 1.82) is 0 Å². The Morgan fingerprint density at radius 1 is 1.37 bits per heavy atom. The number of nitrogens with zero attached hydrogens (tertiary/aromatic N) is 2. The van der Waals surface area contributed by atoms with E-state index in [1.54, 1.807) is 0 Å². The lowest BCUT2D eigenvalue weighted by atomic mass is 10.1. The summed E-state index contributed by atoms with van der Waals surface area (Å²) in [5.74, 6) is 1.14. The summed E-state index contributed by atoms with van der Waals surface area (Å²) < 4.78 is 10.8. The molecule has 5 nitrogen and oxygen atoms in total. The van der Waals surface area contributed by atoms with Gasteiger partial charge in [-0.3, -0.25) is 0 Å². The van der Waals surface area contributed by atoms with Crippen molar-refractivity contribution in [3.05, 3.63) is 46.6 Å². The second-order valence-corrected chi connectivity index (χ2v) is 4.79. The summed E-state index contributed by atoms with van der Waals surface area (Å²) in [6.45, 7) is 2.24. The van der Waals surface area contributed by atoms with Gasteiger partial charge in [-0.1, -0.05) is 35.0 Å². The van der Waals surface area contributed by atoms with Crippen molar-refractivity contribution in [3.63, 3.8) is 0 Å². The minimum atomic E-state index is -0.127. The molecule has 1 fully saturated rings. The maximum Gasteiger partial charge on any atom is 0.231 e. The number of halogens is 1. The Morgan fingerprint density at radius 3 is 3.05 bits per heavy atom. The zero-order valence-electron chi connectivity index (χ0n) is 10.3. The minimum Gasteiger partial charge on any atom is -0.367 e. The number of ether oxygens (including phenoxy) is 1. The van der Waals surface area contributed by atoms with Gasteiger partial charge in [-0.2, -0.15) is 4.98 Å². The molecule has 100 valence electrons. The van der Waals surface area contributed by atoms with Crippen LogP contribution >= 0.6 is 11.6 Å². The van der Waals surface area contributed by atoms with E-state index in [4.69, 9.17) is 20.9 Å². The summed E-state index contributed by atoms with van der Waals surface area (Å²) in [7, 11) is 0. The predicted octanol–water partition coefficient (Wildman–Crippen LogP) is 1.97. The van der Waals surface area contributed by atoms with E-state index in [0.29, 0.717) is 36.3 Å². The van der Waals surface area contributed by atoms with Gasteiger partial charge < -0.3 is 14.6 Å². The number of benzene rings is 1. The number of nitrogens with one attached hydrogen (secondary N) is 1. The van der Waals surface area contributed by atoms with Crippen LogP contribution < -0.4 is 5.32 Å². The number of hydrogen-bond acceptors (Lipinski definition) is 5. The fourth-order valence-corrected chi connectivity index (χ4v) is 2.21. The smallest absolute Gasteiger partial charge is 0.231 e. The Labute approximate surface area is 115 Å². The molecule has 1 aromatic carbocycles. The van der Waals surface area contributed by atoms with E-state index in [1.807, 2.05) is 24.3 Å². The average Bonchev–Trinajstić information content (AvgIpc) is 2.91. The highest BCUT2D eigenvalue weighted by Gasteiger charge is 2.21. The van der Waals surface area contributed by atoms with Crippen molar-refractivity contribution in [2.45, 2.75) is 12.5 Å². The normalized spacial score (nSPS) is 19.5. The third-order valence-corrected chi connectivity index (χ3v) is 3.37. The molecule has 0 aliphatic carbocycles. The first-order valence-electron chi connectivity index (χ1n) is 6.21. The zero-order chi connectivity index (χ0) is 13.1. The highest BCUT2D eigenvalue weighted by molar-refractivity contribution is 6.31. The molecular formula is C13H14ClN3O2. The van der Waals surface area contributed by atoms with Crippen molar-refractivity contribution in [1.82, 2.24) is 15.5 Å². The number of hydrogen-bond donors (Lipinski definition) is 1. The van der Waals surface area contributed by atoms with Crippen molar-refractivity contribution in [2.75, 3.05) is 19.7 Å². The molecule has 1 unspecified atom stereocenters. The van der Waals surface area contributed by atoms with E-state index in [9.17, 15) is 0 Å². The quantitative estimate of drug-likeness (QED) is 0.931. The maximum absolute atomic E-state index is 6.11. The molecule has 1 N–H and O–H groups in total. The zero-order valence-corrected chi connectivity index (χ0v) is 11.1. The largest absolute Gasteiger partial charge is 0.367 e. The Bertz CT molecular complexity index is 552. The van der Waals surface area contributed by atoms with Crippen LogP contribution in [-0.2, 0) is 11.2 Å². The molecule has 1 aliphatic rings. The second-order valence-electron chi connectivity index (χ2n) is 4.38. The third-order valence-electron chi connectivity index (χ3n) is 3.00. The topological polar surface area (TPSA) is 60.2 Å². The minimum absolute atomic E-state index is 0.127. The van der Waals surface area contributed by atoms with Crippen LogP contribution in [-0.4, -0.2) is 29.8 Å². The van der Waals surface area contributed by atoms with Crippen LogP contribution in [0.3, 0.4) is 0 Å². The number of aromatic nitrogens is 2. The van der Waals surface area contributed by atoms with E-state index < -0.39 is 0 Å². The number of rotatable bonds is 3.